The summed E-state index contributed by atoms with van der Waals surface area (Å²) in [5.74, 6) is 0.731. The molecule has 0 spiro atoms. The van der Waals surface area contributed by atoms with Gasteiger partial charge in [-0.3, -0.25) is 9.59 Å². The van der Waals surface area contributed by atoms with Gasteiger partial charge in [-0.1, -0.05) is 0 Å². The van der Waals surface area contributed by atoms with Crippen LogP contribution in [0, 0.1) is 11.8 Å². The first-order valence-corrected chi connectivity index (χ1v) is 6.07. The van der Waals surface area contributed by atoms with E-state index in [4.69, 9.17) is 5.73 Å². The Morgan fingerprint density at radius 2 is 1.82 bits per heavy atom. The van der Waals surface area contributed by atoms with Crippen LogP contribution in [0.1, 0.15) is 13.8 Å². The molecule has 1 heterocycles. The van der Waals surface area contributed by atoms with Crippen LogP contribution in [0.5, 0.6) is 0 Å². The second kappa shape index (κ2) is 4.62. The predicted octanol–water partition coefficient (Wildman–Crippen LogP) is -1.83. The highest BCUT2D eigenvalue weighted by Crippen LogP contribution is 2.41. The molecule has 5 N–H and O–H groups in total. The molecule has 96 valence electrons. The van der Waals surface area contributed by atoms with Gasteiger partial charge in [0.25, 0.3) is 0 Å². The van der Waals surface area contributed by atoms with Crippen molar-refractivity contribution in [3.05, 3.63) is 0 Å². The van der Waals surface area contributed by atoms with Crippen LogP contribution in [0.3, 0.4) is 0 Å². The van der Waals surface area contributed by atoms with Crippen LogP contribution in [0.25, 0.3) is 0 Å². The van der Waals surface area contributed by atoms with Crippen LogP contribution >= 0.6 is 0 Å². The summed E-state index contributed by atoms with van der Waals surface area (Å²) in [6.45, 7) is 5.23. The lowest BCUT2D eigenvalue weighted by Crippen LogP contribution is -2.50. The summed E-state index contributed by atoms with van der Waals surface area (Å²) in [5.41, 5.74) is 5.42. The average Bonchev–Trinajstić information content (AvgIpc) is 2.74. The van der Waals surface area contributed by atoms with E-state index in [9.17, 15) is 9.59 Å². The zero-order valence-electron chi connectivity index (χ0n) is 10.2. The topological polar surface area (TPSA) is 96.2 Å². The van der Waals surface area contributed by atoms with Crippen LogP contribution in [0.2, 0.25) is 0 Å². The van der Waals surface area contributed by atoms with Crippen LogP contribution in [0.15, 0.2) is 0 Å². The lowest BCUT2D eigenvalue weighted by Gasteiger charge is -2.16. The Labute approximate surface area is 101 Å². The zero-order valence-corrected chi connectivity index (χ0v) is 10.2. The van der Waals surface area contributed by atoms with E-state index in [0.29, 0.717) is 17.9 Å². The molecule has 0 radical (unpaired) electrons. The number of piperidine rings is 1. The summed E-state index contributed by atoms with van der Waals surface area (Å²) < 4.78 is 0. The number of carbonyl (C=O) groups is 2. The Morgan fingerprint density at radius 3 is 2.35 bits per heavy atom. The Hall–Kier alpha value is -1.14. The zero-order chi connectivity index (χ0) is 12.6. The van der Waals surface area contributed by atoms with Gasteiger partial charge in [-0.05, 0) is 25.7 Å². The van der Waals surface area contributed by atoms with Gasteiger partial charge in [-0.25, -0.2) is 0 Å². The lowest BCUT2D eigenvalue weighted by atomic mass is 10.2. The molecule has 0 aromatic carbocycles. The number of rotatable bonds is 4. The highest BCUT2D eigenvalue weighted by atomic mass is 16.2. The molecule has 0 aromatic rings. The molecule has 1 saturated heterocycles. The molecule has 0 bridgehead atoms. The maximum atomic E-state index is 11.8. The monoisotopic (exact) mass is 240 g/mol. The van der Waals surface area contributed by atoms with Gasteiger partial charge in [0.2, 0.25) is 11.8 Å². The van der Waals surface area contributed by atoms with Crippen molar-refractivity contribution in [1.82, 2.24) is 16.0 Å². The van der Waals surface area contributed by atoms with Crippen LogP contribution in [0.4, 0.5) is 0 Å². The summed E-state index contributed by atoms with van der Waals surface area (Å²) >= 11 is 0. The van der Waals surface area contributed by atoms with Gasteiger partial charge in [0.05, 0.1) is 6.04 Å². The summed E-state index contributed by atoms with van der Waals surface area (Å²) in [5, 5.41) is 8.82. The Kier molecular flexibility index (Phi) is 3.35. The second-order valence-electron chi connectivity index (χ2n) is 5.04. The smallest absolute Gasteiger partial charge is 0.242 e. The van der Waals surface area contributed by atoms with Gasteiger partial charge in [0.15, 0.2) is 0 Å². The largest absolute Gasteiger partial charge is 0.351 e. The number of hydrogen-bond acceptors (Lipinski definition) is 4. The number of nitrogens with two attached hydrogens (primary N) is 1. The molecule has 1 aliphatic heterocycles. The third-order valence-corrected chi connectivity index (χ3v) is 3.57. The van der Waals surface area contributed by atoms with Crippen molar-refractivity contribution < 1.29 is 9.59 Å². The summed E-state index contributed by atoms with van der Waals surface area (Å²) in [4.78, 5) is 23.1. The van der Waals surface area contributed by atoms with E-state index in [1.807, 2.05) is 0 Å². The fourth-order valence-electron chi connectivity index (χ4n) is 2.33. The molecule has 1 saturated carbocycles. The molecule has 1 aliphatic carbocycles. The van der Waals surface area contributed by atoms with Gasteiger partial charge in [-0.2, -0.15) is 0 Å². The quantitative estimate of drug-likeness (QED) is 0.465. The summed E-state index contributed by atoms with van der Waals surface area (Å²) in [6.07, 6.45) is 0. The minimum atomic E-state index is -0.588. The van der Waals surface area contributed by atoms with Crippen molar-refractivity contribution >= 4 is 11.8 Å². The van der Waals surface area contributed by atoms with Gasteiger partial charge in [-0.15, -0.1) is 0 Å². The van der Waals surface area contributed by atoms with Crippen molar-refractivity contribution in [3.8, 4) is 0 Å². The lowest BCUT2D eigenvalue weighted by molar-refractivity contribution is -0.129. The predicted molar refractivity (Wildman–Crippen MR) is 63.0 cm³/mol. The third kappa shape index (κ3) is 2.58. The highest BCUT2D eigenvalue weighted by molar-refractivity contribution is 5.89. The Balaban J connectivity index is 1.74. The first-order valence-electron chi connectivity index (χ1n) is 6.07. The van der Waals surface area contributed by atoms with E-state index in [1.54, 1.807) is 13.8 Å². The van der Waals surface area contributed by atoms with Crippen LogP contribution in [-0.2, 0) is 9.59 Å². The van der Waals surface area contributed by atoms with E-state index in [-0.39, 0.29) is 11.8 Å². The van der Waals surface area contributed by atoms with Gasteiger partial charge in [0.1, 0.15) is 6.04 Å². The van der Waals surface area contributed by atoms with Crippen LogP contribution < -0.4 is 21.7 Å². The first-order chi connectivity index (χ1) is 8.00. The molecule has 2 aliphatic rings. The fourth-order valence-corrected chi connectivity index (χ4v) is 2.33. The second-order valence-corrected chi connectivity index (χ2v) is 5.04. The minimum Gasteiger partial charge on any atom is -0.351 e. The molecule has 6 heteroatoms. The number of fused-ring (bicyclic) bond motifs is 1. The Bertz CT molecular complexity index is 321. The van der Waals surface area contributed by atoms with Gasteiger partial charge in [0, 0.05) is 19.1 Å². The van der Waals surface area contributed by atoms with Crippen molar-refractivity contribution in [3.63, 3.8) is 0 Å². The molecule has 6 nitrogen and oxygen atoms in total. The maximum absolute atomic E-state index is 11.8. The molecule has 0 aromatic heterocycles. The van der Waals surface area contributed by atoms with Gasteiger partial charge >= 0.3 is 0 Å². The molecule has 2 fully saturated rings. The number of nitrogens with one attached hydrogen (secondary N) is 3. The highest BCUT2D eigenvalue weighted by Gasteiger charge is 2.53. The molecule has 2 rings (SSSR count). The van der Waals surface area contributed by atoms with Crippen molar-refractivity contribution in [2.24, 2.45) is 17.6 Å². The van der Waals surface area contributed by atoms with E-state index in [2.05, 4.69) is 16.0 Å². The molecular weight excluding hydrogens is 220 g/mol. The van der Waals surface area contributed by atoms with Crippen LogP contribution in [-0.4, -0.2) is 43.0 Å². The van der Waals surface area contributed by atoms with E-state index in [1.165, 1.54) is 0 Å². The molecule has 4 unspecified atom stereocenters. The van der Waals surface area contributed by atoms with Crippen molar-refractivity contribution in [1.29, 1.82) is 0 Å². The van der Waals surface area contributed by atoms with E-state index < -0.39 is 12.1 Å². The SMILES string of the molecule is CC(N)C(=O)NC(C)C(=O)NC1C2CNCC21. The first kappa shape index (κ1) is 12.3. The van der Waals surface area contributed by atoms with Crippen molar-refractivity contribution in [2.45, 2.75) is 32.0 Å². The molecule has 4 atom stereocenters. The Morgan fingerprint density at radius 1 is 1.24 bits per heavy atom. The molecule has 2 amide bonds. The molecule has 17 heavy (non-hydrogen) atoms. The summed E-state index contributed by atoms with van der Waals surface area (Å²) in [7, 11) is 0. The average molecular weight is 240 g/mol. The number of amides is 2. The normalized spacial score (nSPS) is 33.5. The molecular formula is C11H20N4O2. The summed E-state index contributed by atoms with van der Waals surface area (Å²) in [6, 6.07) is -0.823. The number of hydrogen-bond donors (Lipinski definition) is 4. The standard InChI is InChI=1S/C11H20N4O2/c1-5(12)10(16)14-6(2)11(17)15-9-7-3-13-4-8(7)9/h5-9,13H,3-4,12H2,1-2H3,(H,14,16)(H,15,17). The van der Waals surface area contributed by atoms with E-state index in [0.717, 1.165) is 13.1 Å². The number of carbonyl (C=O) groups excluding carboxylic acids is 2. The van der Waals surface area contributed by atoms with Gasteiger partial charge < -0.3 is 21.7 Å². The third-order valence-electron chi connectivity index (χ3n) is 3.57. The minimum absolute atomic E-state index is 0.126. The maximum Gasteiger partial charge on any atom is 0.242 e. The fraction of sp³-hybridized carbons (Fsp3) is 0.818. The van der Waals surface area contributed by atoms with E-state index >= 15 is 0 Å². The van der Waals surface area contributed by atoms with Crippen molar-refractivity contribution in [2.75, 3.05) is 13.1 Å².